The zero-order valence-electron chi connectivity index (χ0n) is 17.3. The Balaban J connectivity index is 1.75. The predicted molar refractivity (Wildman–Crippen MR) is 114 cm³/mol. The summed E-state index contributed by atoms with van der Waals surface area (Å²) in [6.07, 6.45) is 2.15. The van der Waals surface area contributed by atoms with Crippen LogP contribution in [0.3, 0.4) is 0 Å². The number of nitrogens with zero attached hydrogens (tertiary/aromatic N) is 4. The number of nitrogens with two attached hydrogens (primary N) is 1. The summed E-state index contributed by atoms with van der Waals surface area (Å²) in [5, 5.41) is 12.1. The Kier molecular flexibility index (Phi) is 5.28. The molecular weight excluding hydrogens is 387 g/mol. The van der Waals surface area contributed by atoms with E-state index in [0.717, 1.165) is 19.4 Å². The first-order valence-electron chi connectivity index (χ1n) is 10.4. The standard InChI is InChI=1S/C21H27FN6O2/c1-12-10-26(11-14(12)9-25-7-3-6-23)19-13(2)18-16(8-17(19)22)20(29)28(24)21(30)27(18)15-4-5-15/h8,12,14-15,25H,3-5,7,9-11,24H2,1-2H3. The highest BCUT2D eigenvalue weighted by Gasteiger charge is 2.34. The second-order valence-corrected chi connectivity index (χ2v) is 8.54. The summed E-state index contributed by atoms with van der Waals surface area (Å²) in [6, 6.07) is 3.35. The van der Waals surface area contributed by atoms with Crippen molar-refractivity contribution in [3.8, 4) is 6.07 Å². The maximum absolute atomic E-state index is 15.2. The predicted octanol–water partition coefficient (Wildman–Crippen LogP) is 1.24. The molecule has 0 radical (unpaired) electrons. The van der Waals surface area contributed by atoms with Crippen LogP contribution in [-0.4, -0.2) is 35.4 Å². The van der Waals surface area contributed by atoms with Gasteiger partial charge in [-0.05, 0) is 37.7 Å². The smallest absolute Gasteiger partial charge is 0.350 e. The van der Waals surface area contributed by atoms with Gasteiger partial charge in [-0.2, -0.15) is 9.94 Å². The molecule has 4 rings (SSSR count). The van der Waals surface area contributed by atoms with Crippen LogP contribution in [0.15, 0.2) is 15.7 Å². The van der Waals surface area contributed by atoms with E-state index in [1.807, 2.05) is 4.90 Å². The minimum absolute atomic E-state index is 0.00185. The molecule has 3 N–H and O–H groups in total. The molecule has 1 aliphatic carbocycles. The third kappa shape index (κ3) is 3.35. The highest BCUT2D eigenvalue weighted by Crippen LogP contribution is 2.39. The van der Waals surface area contributed by atoms with E-state index in [1.165, 1.54) is 6.07 Å². The minimum atomic E-state index is -0.671. The van der Waals surface area contributed by atoms with Crippen molar-refractivity contribution in [3.63, 3.8) is 0 Å². The largest absolute Gasteiger partial charge is 0.368 e. The van der Waals surface area contributed by atoms with Crippen LogP contribution in [0, 0.1) is 35.9 Å². The fourth-order valence-corrected chi connectivity index (χ4v) is 4.63. The molecular formula is C21H27FN6O2. The third-order valence-corrected chi connectivity index (χ3v) is 6.38. The number of benzene rings is 1. The van der Waals surface area contributed by atoms with Crippen molar-refractivity contribution in [3.05, 3.63) is 38.3 Å². The average Bonchev–Trinajstić information content (AvgIpc) is 3.48. The van der Waals surface area contributed by atoms with Crippen LogP contribution in [0.25, 0.3) is 10.9 Å². The monoisotopic (exact) mass is 414 g/mol. The molecule has 0 bridgehead atoms. The van der Waals surface area contributed by atoms with Crippen LogP contribution >= 0.6 is 0 Å². The van der Waals surface area contributed by atoms with Gasteiger partial charge in [0.2, 0.25) is 0 Å². The van der Waals surface area contributed by atoms with Crippen molar-refractivity contribution in [1.82, 2.24) is 14.6 Å². The van der Waals surface area contributed by atoms with Gasteiger partial charge >= 0.3 is 5.69 Å². The third-order valence-electron chi connectivity index (χ3n) is 6.38. The van der Waals surface area contributed by atoms with Crippen LogP contribution in [0.1, 0.15) is 37.8 Å². The van der Waals surface area contributed by atoms with E-state index in [-0.39, 0.29) is 11.4 Å². The van der Waals surface area contributed by atoms with Crippen molar-refractivity contribution in [2.75, 3.05) is 36.9 Å². The van der Waals surface area contributed by atoms with E-state index in [0.29, 0.717) is 59.3 Å². The lowest BCUT2D eigenvalue weighted by Gasteiger charge is -2.24. The maximum atomic E-state index is 15.2. The number of fused-ring (bicyclic) bond motifs is 1. The molecule has 0 amide bonds. The van der Waals surface area contributed by atoms with Crippen LogP contribution in [0.5, 0.6) is 0 Å². The van der Waals surface area contributed by atoms with Gasteiger partial charge in [0.1, 0.15) is 5.82 Å². The quantitative estimate of drug-likeness (QED) is 0.544. The molecule has 2 fully saturated rings. The van der Waals surface area contributed by atoms with Gasteiger partial charge < -0.3 is 16.1 Å². The Hall–Kier alpha value is -2.86. The first-order valence-corrected chi connectivity index (χ1v) is 10.4. The Labute approximate surface area is 173 Å². The minimum Gasteiger partial charge on any atom is -0.368 e. The molecule has 1 saturated carbocycles. The molecule has 160 valence electrons. The van der Waals surface area contributed by atoms with Gasteiger partial charge in [0.15, 0.2) is 0 Å². The molecule has 2 aromatic rings. The molecule has 2 aliphatic rings. The van der Waals surface area contributed by atoms with Crippen molar-refractivity contribution < 1.29 is 4.39 Å². The van der Waals surface area contributed by atoms with E-state index in [1.54, 1.807) is 11.5 Å². The summed E-state index contributed by atoms with van der Waals surface area (Å²) in [5.41, 5.74) is 0.336. The summed E-state index contributed by atoms with van der Waals surface area (Å²) in [7, 11) is 0. The Morgan fingerprint density at radius 1 is 1.33 bits per heavy atom. The van der Waals surface area contributed by atoms with Crippen molar-refractivity contribution >= 4 is 16.6 Å². The first-order chi connectivity index (χ1) is 14.3. The first kappa shape index (κ1) is 20.4. The van der Waals surface area contributed by atoms with Gasteiger partial charge in [-0.3, -0.25) is 9.36 Å². The van der Waals surface area contributed by atoms with Gasteiger partial charge in [-0.15, -0.1) is 0 Å². The van der Waals surface area contributed by atoms with Crippen molar-refractivity contribution in [1.29, 1.82) is 5.26 Å². The molecule has 1 aromatic carbocycles. The highest BCUT2D eigenvalue weighted by atomic mass is 19.1. The number of halogens is 1. The van der Waals surface area contributed by atoms with Crippen molar-refractivity contribution in [2.45, 2.75) is 39.2 Å². The van der Waals surface area contributed by atoms with E-state index in [2.05, 4.69) is 18.3 Å². The maximum Gasteiger partial charge on any atom is 0.350 e. The molecule has 1 saturated heterocycles. The molecule has 2 heterocycles. The SMILES string of the molecule is Cc1c(N2CC(C)C(CNCCC#N)C2)c(F)cc2c(=O)n(N)c(=O)n(C3CC3)c12. The Morgan fingerprint density at radius 3 is 2.73 bits per heavy atom. The zero-order valence-corrected chi connectivity index (χ0v) is 17.3. The fraction of sp³-hybridized carbons (Fsp3) is 0.571. The molecule has 1 aromatic heterocycles. The summed E-state index contributed by atoms with van der Waals surface area (Å²) in [5.74, 6) is 5.89. The van der Waals surface area contributed by atoms with E-state index < -0.39 is 17.1 Å². The fourth-order valence-electron chi connectivity index (χ4n) is 4.63. The van der Waals surface area contributed by atoms with Crippen LogP contribution < -0.4 is 27.3 Å². The molecule has 8 nitrogen and oxygen atoms in total. The number of hydrogen-bond donors (Lipinski definition) is 2. The number of nitrogen functional groups attached to an aromatic ring is 1. The van der Waals surface area contributed by atoms with Gasteiger partial charge in [-0.1, -0.05) is 6.92 Å². The topological polar surface area (TPSA) is 109 Å². The Morgan fingerprint density at radius 2 is 2.07 bits per heavy atom. The molecule has 0 spiro atoms. The lowest BCUT2D eigenvalue weighted by molar-refractivity contribution is 0.423. The molecule has 2 unspecified atom stereocenters. The van der Waals surface area contributed by atoms with Gasteiger partial charge in [0.05, 0.1) is 22.7 Å². The van der Waals surface area contributed by atoms with Crippen LogP contribution in [0.2, 0.25) is 0 Å². The number of rotatable bonds is 6. The van der Waals surface area contributed by atoms with Crippen LogP contribution in [0.4, 0.5) is 10.1 Å². The second-order valence-electron chi connectivity index (χ2n) is 8.54. The number of anilines is 1. The lowest BCUT2D eigenvalue weighted by Crippen LogP contribution is -2.44. The zero-order chi connectivity index (χ0) is 21.6. The van der Waals surface area contributed by atoms with E-state index >= 15 is 4.39 Å². The number of aryl methyl sites for hydroxylation is 1. The normalized spacial score (nSPS) is 21.3. The van der Waals surface area contributed by atoms with E-state index in [4.69, 9.17) is 11.1 Å². The Bertz CT molecular complexity index is 1140. The number of hydrogen-bond acceptors (Lipinski definition) is 6. The van der Waals surface area contributed by atoms with Gasteiger partial charge in [-0.25, -0.2) is 9.18 Å². The summed E-state index contributed by atoms with van der Waals surface area (Å²) in [4.78, 5) is 27.3. The highest BCUT2D eigenvalue weighted by molar-refractivity contribution is 5.87. The molecule has 2 atom stereocenters. The van der Waals surface area contributed by atoms with Crippen LogP contribution in [-0.2, 0) is 0 Å². The molecule has 1 aliphatic heterocycles. The average molecular weight is 414 g/mol. The van der Waals surface area contributed by atoms with Gasteiger partial charge in [0.25, 0.3) is 5.56 Å². The summed E-state index contributed by atoms with van der Waals surface area (Å²) < 4.78 is 17.4. The molecule has 9 heteroatoms. The molecule has 30 heavy (non-hydrogen) atoms. The summed E-state index contributed by atoms with van der Waals surface area (Å²) in [6.45, 7) is 6.68. The number of nitrogens with one attached hydrogen (secondary N) is 1. The van der Waals surface area contributed by atoms with Gasteiger partial charge in [0, 0.05) is 44.2 Å². The number of aromatic nitrogens is 2. The van der Waals surface area contributed by atoms with Crippen molar-refractivity contribution in [2.24, 2.45) is 11.8 Å². The number of nitriles is 1. The summed E-state index contributed by atoms with van der Waals surface area (Å²) >= 11 is 0. The van der Waals surface area contributed by atoms with E-state index in [9.17, 15) is 9.59 Å². The second kappa shape index (κ2) is 7.76. The lowest BCUT2D eigenvalue weighted by atomic mass is 9.98.